The quantitative estimate of drug-likeness (QED) is 0.00891. The van der Waals surface area contributed by atoms with Gasteiger partial charge >= 0.3 is 17.9 Å². The van der Waals surface area contributed by atoms with E-state index in [1.54, 1.807) is 60.8 Å². The Balaban J connectivity index is 1.06. The number of H-pyrrole nitrogens is 2. The number of hydrogen-bond donors (Lipinski definition) is 22. The maximum atomic E-state index is 15.6. The van der Waals surface area contributed by atoms with Crippen molar-refractivity contribution in [2.75, 3.05) is 52.4 Å². The zero-order valence-corrected chi connectivity index (χ0v) is 64.9. The molecule has 8 rings (SSSR count). The Morgan fingerprint density at radius 3 is 1.85 bits per heavy atom. The van der Waals surface area contributed by atoms with Crippen LogP contribution >= 0.6 is 0 Å². The summed E-state index contributed by atoms with van der Waals surface area (Å²) in [7, 11) is 0. The molecule has 2 aromatic heterocycles. The van der Waals surface area contributed by atoms with Crippen molar-refractivity contribution in [1.82, 2.24) is 93.5 Å². The van der Waals surface area contributed by atoms with Gasteiger partial charge in [-0.3, -0.25) is 93.0 Å². The number of epoxide rings is 1. The molecule has 42 nitrogen and oxygen atoms in total. The van der Waals surface area contributed by atoms with E-state index in [0.29, 0.717) is 27.7 Å². The molecule has 0 saturated carbocycles. The van der Waals surface area contributed by atoms with Crippen LogP contribution in [0.1, 0.15) is 126 Å². The third-order valence-electron chi connectivity index (χ3n) is 20.4. The highest BCUT2D eigenvalue weighted by molar-refractivity contribution is 6.01. The predicted molar refractivity (Wildman–Crippen MR) is 417 cm³/mol. The lowest BCUT2D eigenvalue weighted by atomic mass is 10.0. The maximum absolute atomic E-state index is 15.6. The van der Waals surface area contributed by atoms with Crippen molar-refractivity contribution in [3.63, 3.8) is 0 Å². The number of nitrogens with two attached hydrogens (primary N) is 3. The van der Waals surface area contributed by atoms with Gasteiger partial charge < -0.3 is 116 Å². The number of aromatic nitrogens is 3. The fraction of sp³-hybridized carbons (Fsp3) is 0.547. The maximum Gasteiger partial charge on any atom is 0.317 e. The number of hydrogen-bond acceptors (Lipinski definition) is 21. The van der Waals surface area contributed by atoms with Gasteiger partial charge in [0, 0.05) is 81.4 Å². The lowest BCUT2D eigenvalue weighted by Gasteiger charge is -2.34. The number of amides is 12. The first-order chi connectivity index (χ1) is 55.9. The number of nitrogens with one attached hydrogen (secondary N) is 16. The van der Waals surface area contributed by atoms with Crippen molar-refractivity contribution in [3.8, 4) is 0 Å². The number of fused-ring (bicyclic) bond motifs is 2. The minimum Gasteiger partial charge on any atom is -0.481 e. The summed E-state index contributed by atoms with van der Waals surface area (Å²) in [4.78, 5) is 223. The molecule has 42 heteroatoms. The van der Waals surface area contributed by atoms with Crippen LogP contribution in [0.2, 0.25) is 0 Å². The smallest absolute Gasteiger partial charge is 0.317 e. The van der Waals surface area contributed by atoms with Crippen molar-refractivity contribution in [3.05, 3.63) is 90.1 Å². The second kappa shape index (κ2) is 44.5. The largest absolute Gasteiger partial charge is 0.481 e. The predicted octanol–water partition coefficient (Wildman–Crippen LogP) is -4.70. The number of likely N-dealkylation sites (tertiary alicyclic amines) is 2. The number of carbonyl (C=O) groups is 15. The lowest BCUT2D eigenvalue weighted by Crippen LogP contribution is -2.61. The Labute approximate surface area is 672 Å². The Morgan fingerprint density at radius 1 is 0.607 bits per heavy atom. The zero-order chi connectivity index (χ0) is 84.8. The highest BCUT2D eigenvalue weighted by atomic mass is 16.6. The van der Waals surface area contributed by atoms with E-state index in [1.165, 1.54) is 29.2 Å². The molecular formula is C75H107N23O19. The third-order valence-corrected chi connectivity index (χ3v) is 20.4. The summed E-state index contributed by atoms with van der Waals surface area (Å²) in [6.07, 6.45) is 2.77. The molecule has 4 aliphatic heterocycles. The fourth-order valence-electron chi connectivity index (χ4n) is 14.5. The van der Waals surface area contributed by atoms with E-state index in [9.17, 15) is 63.3 Å². The Bertz CT molecular complexity index is 4170. The molecule has 0 aliphatic carbocycles. The Morgan fingerprint density at radius 2 is 1.20 bits per heavy atom. The van der Waals surface area contributed by atoms with Gasteiger partial charge in [-0.25, -0.2) is 4.98 Å². The number of benzene rings is 2. The molecule has 4 aromatic rings. The molecule has 0 radical (unpaired) electrons. The van der Waals surface area contributed by atoms with Gasteiger partial charge in [-0.05, 0) is 127 Å². The molecule has 4 aliphatic rings. The Kier molecular flexibility index (Phi) is 34.3. The molecule has 25 N–H and O–H groups in total. The first-order valence-electron chi connectivity index (χ1n) is 39.0. The molecule has 12 amide bonds. The van der Waals surface area contributed by atoms with Gasteiger partial charge in [0.05, 0.1) is 31.9 Å². The average molecular weight is 1630 g/mol. The number of guanidine groups is 2. The number of carboxylic acid groups (broad SMARTS) is 3. The summed E-state index contributed by atoms with van der Waals surface area (Å²) >= 11 is 0. The summed E-state index contributed by atoms with van der Waals surface area (Å²) in [5.41, 5.74) is 19.0. The lowest BCUT2D eigenvalue weighted by molar-refractivity contribution is -0.148. The molecule has 0 spiro atoms. The number of unbranched alkanes of at least 4 members (excludes halogenated alkanes) is 1. The number of para-hydroxylation sites is 1. The SMILES string of the molecule is CC(=O)NC1CCC2OC2NCCCC(C(=O)N2CCCC2C(=O)N2CCCC2C(=O)NC(CCCNC(=N)N)C(=O)NC(CC(=O)O)C(=O)NC(CCCCN(CC(=O)O)CC(=O)O)C(N)=O)NC(=O)C(Cc2c[nH]c3ccccc23)NC(=O)C(CCCNC(=N)N)NC(=O)C(Cc2ccccc2)NC(=O)C(Cc2cnc[nH]2)NC1=O. The number of carbonyl (C=O) groups excluding carboxylic acids is 12. The van der Waals surface area contributed by atoms with Crippen LogP contribution in [-0.4, -0.2) is 277 Å². The van der Waals surface area contributed by atoms with Crippen molar-refractivity contribution < 1.29 is 92.0 Å². The van der Waals surface area contributed by atoms with Crippen LogP contribution in [0.25, 0.3) is 10.9 Å². The summed E-state index contributed by atoms with van der Waals surface area (Å²) in [5, 5.41) is 77.2. The van der Waals surface area contributed by atoms with E-state index in [-0.39, 0.29) is 161 Å². The molecule has 2 aromatic carbocycles. The number of nitrogens with zero attached hydrogens (tertiary/aromatic N) is 4. The van der Waals surface area contributed by atoms with Gasteiger partial charge in [0.1, 0.15) is 72.7 Å². The van der Waals surface area contributed by atoms with E-state index >= 15 is 24.0 Å². The monoisotopic (exact) mass is 1630 g/mol. The number of primary amides is 1. The van der Waals surface area contributed by atoms with E-state index in [0.717, 1.165) is 4.90 Å². The van der Waals surface area contributed by atoms with E-state index in [1.807, 2.05) is 0 Å². The van der Waals surface area contributed by atoms with Gasteiger partial charge in [0.15, 0.2) is 11.9 Å². The molecule has 13 atom stereocenters. The Hall–Kier alpha value is -12.3. The zero-order valence-electron chi connectivity index (χ0n) is 64.9. The van der Waals surface area contributed by atoms with Gasteiger partial charge in [-0.15, -0.1) is 0 Å². The number of imidazole rings is 1. The second-order valence-corrected chi connectivity index (χ2v) is 29.4. The average Bonchev–Trinajstić information content (AvgIpc) is 1.69. The van der Waals surface area contributed by atoms with Crippen LogP contribution < -0.4 is 81.0 Å². The van der Waals surface area contributed by atoms with Gasteiger partial charge in [0.25, 0.3) is 0 Å². The van der Waals surface area contributed by atoms with Gasteiger partial charge in [-0.1, -0.05) is 48.5 Å². The number of carboxylic acids is 3. The van der Waals surface area contributed by atoms with Crippen LogP contribution in [0, 0.1) is 10.8 Å². The van der Waals surface area contributed by atoms with Gasteiger partial charge in [0.2, 0.25) is 70.9 Å². The summed E-state index contributed by atoms with van der Waals surface area (Å²) < 4.78 is 5.98. The van der Waals surface area contributed by atoms with Crippen molar-refractivity contribution in [2.24, 2.45) is 17.2 Å². The van der Waals surface area contributed by atoms with Crippen LogP contribution in [0.5, 0.6) is 0 Å². The molecule has 636 valence electrons. The summed E-state index contributed by atoms with van der Waals surface area (Å²) in [6.45, 7) is 0.195. The first kappa shape index (κ1) is 90.2. The second-order valence-electron chi connectivity index (χ2n) is 29.4. The fourth-order valence-corrected chi connectivity index (χ4v) is 14.5. The number of aliphatic carboxylic acids is 3. The number of aromatic amines is 2. The minimum absolute atomic E-state index is 0.00378. The highest BCUT2D eigenvalue weighted by Crippen LogP contribution is 2.29. The van der Waals surface area contributed by atoms with Crippen LogP contribution in [0.15, 0.2) is 73.3 Å². The van der Waals surface area contributed by atoms with Crippen LogP contribution in [0.4, 0.5) is 0 Å². The molecule has 6 heterocycles. The standard InChI is InChI=1S/C75H107N23O19/c1-41(99)87-50-24-25-58-71(117-58)82-26-11-21-51(91-67(111)53(33-43-36-85-46-17-6-5-16-45(43)46)93-63(107)48(19-9-27-83-74(77)78)89-66(110)52(32-42-14-3-2-4-15-42)92-68(112)54(94-65(50)109)34-44-37-81-40-86-44)72(115)98-31-13-23-57(98)73(116)97-30-12-22-56(97)70(114)90-49(20-10-28-84-75(79)80)64(108)95-55(35-59(100)101)69(113)88-47(62(76)106)18-7-8-29-96(38-60(102)103)39-61(104)105/h2-6,14-17,36-37,40,47-58,71,82,85H,7-13,18-35,38-39H2,1H3,(H2,76,106)(H,81,86)(H,87,99)(H,88,113)(H,89,110)(H,90,114)(H,91,111)(H,92,112)(H,93,107)(H,94,109)(H,95,108)(H,100,101)(H,102,103)(H,104,105)(H4,77,78,83)(H4,79,80,84). The molecule has 13 unspecified atom stereocenters. The molecule has 117 heavy (non-hydrogen) atoms. The molecular weight excluding hydrogens is 1530 g/mol. The first-order valence-corrected chi connectivity index (χ1v) is 39.0. The van der Waals surface area contributed by atoms with E-state index in [2.05, 4.69) is 78.8 Å². The normalized spacial score (nSPS) is 22.5. The highest BCUT2D eigenvalue weighted by Gasteiger charge is 2.46. The molecule has 4 saturated heterocycles. The minimum atomic E-state index is -1.89. The van der Waals surface area contributed by atoms with Crippen molar-refractivity contribution in [1.29, 1.82) is 10.8 Å². The van der Waals surface area contributed by atoms with Crippen LogP contribution in [0.3, 0.4) is 0 Å². The van der Waals surface area contributed by atoms with Crippen molar-refractivity contribution >= 4 is 112 Å². The summed E-state index contributed by atoms with van der Waals surface area (Å²) in [5.74, 6) is -15.2. The van der Waals surface area contributed by atoms with Crippen molar-refractivity contribution in [2.45, 2.75) is 208 Å². The topological polar surface area (TPSA) is 654 Å². The van der Waals surface area contributed by atoms with Crippen LogP contribution in [-0.2, 0) is 95.9 Å². The number of ether oxygens (including phenoxy) is 1. The number of rotatable bonds is 35. The third kappa shape index (κ3) is 28.6. The van der Waals surface area contributed by atoms with E-state index in [4.69, 9.17) is 32.8 Å². The molecule has 0 bridgehead atoms. The van der Waals surface area contributed by atoms with E-state index < -0.39 is 193 Å². The summed E-state index contributed by atoms with van der Waals surface area (Å²) in [6, 6.07) is -0.0229. The molecule has 4 fully saturated rings. The van der Waals surface area contributed by atoms with Gasteiger partial charge in [-0.2, -0.15) is 0 Å².